The van der Waals surface area contributed by atoms with Crippen LogP contribution in [-0.2, 0) is 19.3 Å². The van der Waals surface area contributed by atoms with Crippen molar-refractivity contribution in [1.29, 1.82) is 0 Å². The van der Waals surface area contributed by atoms with Gasteiger partial charge in [-0.1, -0.05) is 25.6 Å². The molecule has 3 heterocycles. The van der Waals surface area contributed by atoms with Gasteiger partial charge in [0.25, 0.3) is 5.56 Å². The molecule has 4 aromatic rings. The van der Waals surface area contributed by atoms with Crippen molar-refractivity contribution in [2.24, 2.45) is 13.0 Å². The van der Waals surface area contributed by atoms with Gasteiger partial charge in [-0.15, -0.1) is 11.3 Å². The van der Waals surface area contributed by atoms with Crippen molar-refractivity contribution in [3.8, 4) is 16.3 Å². The highest BCUT2D eigenvalue weighted by Crippen LogP contribution is 2.30. The zero-order chi connectivity index (χ0) is 23.7. The number of methoxy groups -OCH3 is 1. The Hall–Kier alpha value is -2.98. The third kappa shape index (κ3) is 4.72. The quantitative estimate of drug-likeness (QED) is 0.291. The number of benzene rings is 1. The first kappa shape index (κ1) is 23.2. The van der Waals surface area contributed by atoms with Crippen molar-refractivity contribution >= 4 is 34.1 Å². The van der Waals surface area contributed by atoms with Crippen LogP contribution in [-0.4, -0.2) is 31.2 Å². The van der Waals surface area contributed by atoms with Gasteiger partial charge in [0.2, 0.25) is 0 Å². The fourth-order valence-electron chi connectivity index (χ4n) is 3.46. The second kappa shape index (κ2) is 9.48. The summed E-state index contributed by atoms with van der Waals surface area (Å²) in [5.74, 6) is 2.09. The number of thioether (sulfide) groups is 1. The first-order valence-electron chi connectivity index (χ1n) is 10.5. The van der Waals surface area contributed by atoms with E-state index in [0.717, 1.165) is 26.6 Å². The minimum atomic E-state index is -0.380. The Kier molecular flexibility index (Phi) is 6.66. The van der Waals surface area contributed by atoms with E-state index in [4.69, 9.17) is 9.72 Å². The Bertz CT molecular complexity index is 1420. The summed E-state index contributed by atoms with van der Waals surface area (Å²) in [6.45, 7) is 6.29. The first-order valence-corrected chi connectivity index (χ1v) is 12.3. The number of fused-ring (bicyclic) bond motifs is 1. The highest BCUT2D eigenvalue weighted by atomic mass is 32.2. The molecule has 0 radical (unpaired) electrons. The summed E-state index contributed by atoms with van der Waals surface area (Å²) in [7, 11) is 3.14. The Morgan fingerprint density at radius 3 is 2.52 bits per heavy atom. The lowest BCUT2D eigenvalue weighted by Gasteiger charge is -2.15. The molecule has 0 fully saturated rings. The summed E-state index contributed by atoms with van der Waals surface area (Å²) in [5, 5.41) is 3.86. The van der Waals surface area contributed by atoms with Gasteiger partial charge in [0, 0.05) is 30.3 Å². The van der Waals surface area contributed by atoms with Gasteiger partial charge in [-0.2, -0.15) is 0 Å². The number of hydrogen-bond donors (Lipinski definition) is 0. The first-order chi connectivity index (χ1) is 15.8. The normalized spacial score (nSPS) is 11.5. The minimum Gasteiger partial charge on any atom is -0.497 e. The Morgan fingerprint density at radius 1 is 1.12 bits per heavy atom. The number of nitrogens with zero attached hydrogens (tertiary/aromatic N) is 5. The smallest absolute Gasteiger partial charge is 0.332 e. The van der Waals surface area contributed by atoms with Gasteiger partial charge in [0.05, 0.1) is 12.8 Å². The standard InChI is InChI=1S/C23H25N5O3S2/c1-13(2)10-28-19-18(22(29)27(4)23(28)30)21(25-14(3)24-19)33-12-16-11-32-20(26-16)15-6-8-17(31-5)9-7-15/h6-9,11,13H,10,12H2,1-5H3. The van der Waals surface area contributed by atoms with Crippen molar-refractivity contribution in [3.05, 3.63) is 62.0 Å². The molecule has 0 spiro atoms. The van der Waals surface area contributed by atoms with Crippen LogP contribution in [0.4, 0.5) is 0 Å². The number of rotatable bonds is 7. The molecule has 0 saturated carbocycles. The van der Waals surface area contributed by atoms with E-state index in [1.807, 2.05) is 43.5 Å². The van der Waals surface area contributed by atoms with E-state index in [2.05, 4.69) is 9.97 Å². The Morgan fingerprint density at radius 2 is 1.85 bits per heavy atom. The minimum absolute atomic E-state index is 0.223. The number of hydrogen-bond acceptors (Lipinski definition) is 8. The van der Waals surface area contributed by atoms with Crippen LogP contribution in [0, 0.1) is 12.8 Å². The fourth-order valence-corrected chi connectivity index (χ4v) is 5.34. The van der Waals surface area contributed by atoms with Crippen molar-refractivity contribution in [1.82, 2.24) is 24.1 Å². The van der Waals surface area contributed by atoms with Gasteiger partial charge in [0.1, 0.15) is 27.0 Å². The molecule has 0 amide bonds. The molecule has 172 valence electrons. The topological polar surface area (TPSA) is 91.9 Å². The summed E-state index contributed by atoms with van der Waals surface area (Å²) >= 11 is 3.00. The summed E-state index contributed by atoms with van der Waals surface area (Å²) < 4.78 is 7.93. The highest BCUT2D eigenvalue weighted by Gasteiger charge is 2.19. The molecule has 33 heavy (non-hydrogen) atoms. The van der Waals surface area contributed by atoms with Gasteiger partial charge in [-0.05, 0) is 37.1 Å². The molecule has 10 heteroatoms. The summed E-state index contributed by atoms with van der Waals surface area (Å²) in [6, 6.07) is 7.78. The number of thiazole rings is 1. The van der Waals surface area contributed by atoms with Crippen molar-refractivity contribution < 1.29 is 4.74 Å². The molecule has 0 aliphatic rings. The molecule has 8 nitrogen and oxygen atoms in total. The molecule has 0 N–H and O–H groups in total. The average Bonchev–Trinajstić information content (AvgIpc) is 3.27. The van der Waals surface area contributed by atoms with E-state index in [1.165, 1.54) is 18.8 Å². The van der Waals surface area contributed by atoms with Crippen LogP contribution < -0.4 is 16.0 Å². The maximum Gasteiger partial charge on any atom is 0.332 e. The molecular formula is C23H25N5O3S2. The van der Waals surface area contributed by atoms with Gasteiger partial charge in [-0.3, -0.25) is 13.9 Å². The van der Waals surface area contributed by atoms with E-state index in [9.17, 15) is 9.59 Å². The molecule has 0 aliphatic carbocycles. The second-order valence-corrected chi connectivity index (χ2v) is 9.91. The van der Waals surface area contributed by atoms with E-state index in [0.29, 0.717) is 34.2 Å². The predicted molar refractivity (Wildman–Crippen MR) is 132 cm³/mol. The van der Waals surface area contributed by atoms with Gasteiger partial charge in [-0.25, -0.2) is 19.7 Å². The van der Waals surface area contributed by atoms with Crippen LogP contribution in [0.25, 0.3) is 21.6 Å². The van der Waals surface area contributed by atoms with Crippen LogP contribution in [0.2, 0.25) is 0 Å². The van der Waals surface area contributed by atoms with Crippen molar-refractivity contribution in [2.75, 3.05) is 7.11 Å². The monoisotopic (exact) mass is 483 g/mol. The zero-order valence-corrected chi connectivity index (χ0v) is 20.8. The molecule has 0 unspecified atom stereocenters. The molecule has 3 aromatic heterocycles. The van der Waals surface area contributed by atoms with Gasteiger partial charge in [0.15, 0.2) is 5.65 Å². The van der Waals surface area contributed by atoms with E-state index >= 15 is 0 Å². The molecule has 1 aromatic carbocycles. The Labute approximate surface area is 199 Å². The van der Waals surface area contributed by atoms with Crippen molar-refractivity contribution in [2.45, 2.75) is 38.1 Å². The largest absolute Gasteiger partial charge is 0.497 e. The molecular weight excluding hydrogens is 458 g/mol. The lowest BCUT2D eigenvalue weighted by Crippen LogP contribution is -2.39. The Balaban J connectivity index is 1.68. The maximum atomic E-state index is 13.0. The molecule has 0 aliphatic heterocycles. The van der Waals surface area contributed by atoms with Crippen LogP contribution in [0.5, 0.6) is 5.75 Å². The van der Waals surface area contributed by atoms with Gasteiger partial charge < -0.3 is 4.74 Å². The predicted octanol–water partition coefficient (Wildman–Crippen LogP) is 3.88. The average molecular weight is 484 g/mol. The number of ether oxygens (including phenoxy) is 1. The zero-order valence-electron chi connectivity index (χ0n) is 19.2. The van der Waals surface area contributed by atoms with Crippen LogP contribution >= 0.6 is 23.1 Å². The second-order valence-electron chi connectivity index (χ2n) is 8.09. The lowest BCUT2D eigenvalue weighted by atomic mass is 10.2. The molecule has 0 saturated heterocycles. The summed E-state index contributed by atoms with van der Waals surface area (Å²) in [6.07, 6.45) is 0. The number of aryl methyl sites for hydroxylation is 1. The maximum absolute atomic E-state index is 13.0. The number of aromatic nitrogens is 5. The summed E-state index contributed by atoms with van der Waals surface area (Å²) in [5.41, 5.74) is 1.57. The SMILES string of the molecule is COc1ccc(-c2nc(CSc3nc(C)nc4c3c(=O)n(C)c(=O)n4CC(C)C)cs2)cc1. The van der Waals surface area contributed by atoms with E-state index < -0.39 is 0 Å². The van der Waals surface area contributed by atoms with Crippen molar-refractivity contribution in [3.63, 3.8) is 0 Å². The third-order valence-electron chi connectivity index (χ3n) is 5.05. The van der Waals surface area contributed by atoms with Crippen LogP contribution in [0.3, 0.4) is 0 Å². The van der Waals surface area contributed by atoms with E-state index in [1.54, 1.807) is 29.9 Å². The third-order valence-corrected chi connectivity index (χ3v) is 7.00. The molecule has 0 bridgehead atoms. The van der Waals surface area contributed by atoms with E-state index in [-0.39, 0.29) is 17.2 Å². The fraction of sp³-hybridized carbons (Fsp3) is 0.348. The van der Waals surface area contributed by atoms with Gasteiger partial charge >= 0.3 is 5.69 Å². The molecule has 4 rings (SSSR count). The van der Waals surface area contributed by atoms with Crippen LogP contribution in [0.1, 0.15) is 25.4 Å². The molecule has 0 atom stereocenters. The highest BCUT2D eigenvalue weighted by molar-refractivity contribution is 7.98. The lowest BCUT2D eigenvalue weighted by molar-refractivity contribution is 0.415. The summed E-state index contributed by atoms with van der Waals surface area (Å²) in [4.78, 5) is 39.5. The van der Waals surface area contributed by atoms with Crippen LogP contribution in [0.15, 0.2) is 44.3 Å².